The Morgan fingerprint density at radius 1 is 1.11 bits per heavy atom. The van der Waals surface area contributed by atoms with E-state index >= 15 is 0 Å². The standard InChI is InChI=1S/C14H30N2OS/c1-11(2)8-16(9-12(3)4)14(17)10-18-7-6-13(5)15/h11-13H,6-10,15H2,1-5H3. The van der Waals surface area contributed by atoms with Crippen LogP contribution in [0.3, 0.4) is 0 Å². The summed E-state index contributed by atoms with van der Waals surface area (Å²) in [4.78, 5) is 14.1. The summed E-state index contributed by atoms with van der Waals surface area (Å²) in [5.74, 6) is 2.89. The molecule has 1 unspecified atom stereocenters. The van der Waals surface area contributed by atoms with E-state index in [1.807, 2.05) is 11.8 Å². The van der Waals surface area contributed by atoms with Gasteiger partial charge >= 0.3 is 0 Å². The van der Waals surface area contributed by atoms with Gasteiger partial charge in [-0.15, -0.1) is 0 Å². The first-order chi connectivity index (χ1) is 8.32. The van der Waals surface area contributed by atoms with Crippen LogP contribution in [0.25, 0.3) is 0 Å². The van der Waals surface area contributed by atoms with E-state index in [1.165, 1.54) is 0 Å². The lowest BCUT2D eigenvalue weighted by atomic mass is 10.1. The summed E-state index contributed by atoms with van der Waals surface area (Å²) in [6.07, 6.45) is 0.978. The Morgan fingerprint density at radius 3 is 2.00 bits per heavy atom. The number of nitrogens with two attached hydrogens (primary N) is 1. The van der Waals surface area contributed by atoms with Crippen molar-refractivity contribution < 1.29 is 4.79 Å². The van der Waals surface area contributed by atoms with Crippen molar-refractivity contribution >= 4 is 17.7 Å². The molecule has 1 amide bonds. The zero-order valence-electron chi connectivity index (χ0n) is 12.6. The topological polar surface area (TPSA) is 46.3 Å². The van der Waals surface area contributed by atoms with E-state index in [2.05, 4.69) is 27.7 Å². The van der Waals surface area contributed by atoms with Gasteiger partial charge in [0.2, 0.25) is 5.91 Å². The van der Waals surface area contributed by atoms with Crippen LogP contribution in [0.15, 0.2) is 0 Å². The molecule has 0 aromatic carbocycles. The van der Waals surface area contributed by atoms with Crippen molar-refractivity contribution in [1.82, 2.24) is 4.90 Å². The lowest BCUT2D eigenvalue weighted by Gasteiger charge is -2.26. The molecule has 0 aromatic rings. The molecule has 0 saturated carbocycles. The van der Waals surface area contributed by atoms with Crippen molar-refractivity contribution in [3.63, 3.8) is 0 Å². The third-order valence-electron chi connectivity index (χ3n) is 2.47. The minimum Gasteiger partial charge on any atom is -0.341 e. The highest BCUT2D eigenvalue weighted by molar-refractivity contribution is 7.99. The fourth-order valence-electron chi connectivity index (χ4n) is 1.68. The summed E-state index contributed by atoms with van der Waals surface area (Å²) < 4.78 is 0. The second-order valence-corrected chi connectivity index (χ2v) is 7.01. The van der Waals surface area contributed by atoms with Gasteiger partial charge in [0, 0.05) is 19.1 Å². The molecule has 2 N–H and O–H groups in total. The molecule has 0 bridgehead atoms. The molecule has 3 nitrogen and oxygen atoms in total. The van der Waals surface area contributed by atoms with Crippen LogP contribution in [-0.2, 0) is 4.79 Å². The first-order valence-corrected chi connectivity index (χ1v) is 8.09. The molecule has 108 valence electrons. The number of carbonyl (C=O) groups is 1. The SMILES string of the molecule is CC(C)CN(CC(C)C)C(=O)CSCCC(C)N. The Bertz CT molecular complexity index is 220. The molecule has 0 aromatic heterocycles. The number of nitrogens with zero attached hydrogens (tertiary/aromatic N) is 1. The number of amides is 1. The lowest BCUT2D eigenvalue weighted by molar-refractivity contribution is -0.129. The van der Waals surface area contributed by atoms with Gasteiger partial charge in [0.05, 0.1) is 5.75 Å². The normalized spacial score (nSPS) is 13.1. The molecule has 4 heteroatoms. The van der Waals surface area contributed by atoms with E-state index in [4.69, 9.17) is 5.73 Å². The largest absolute Gasteiger partial charge is 0.341 e. The molecule has 0 aliphatic rings. The van der Waals surface area contributed by atoms with Gasteiger partial charge < -0.3 is 10.6 Å². The van der Waals surface area contributed by atoms with Crippen LogP contribution in [-0.4, -0.2) is 41.4 Å². The number of carbonyl (C=O) groups excluding carboxylic acids is 1. The second-order valence-electron chi connectivity index (χ2n) is 5.90. The van der Waals surface area contributed by atoms with Gasteiger partial charge in [-0.25, -0.2) is 0 Å². The van der Waals surface area contributed by atoms with Gasteiger partial charge in [0.15, 0.2) is 0 Å². The Morgan fingerprint density at radius 2 is 1.61 bits per heavy atom. The van der Waals surface area contributed by atoms with Gasteiger partial charge in [-0.3, -0.25) is 4.79 Å². The summed E-state index contributed by atoms with van der Waals surface area (Å²) in [7, 11) is 0. The Labute approximate surface area is 117 Å². The molecule has 0 heterocycles. The van der Waals surface area contributed by atoms with Crippen LogP contribution in [0.1, 0.15) is 41.0 Å². The first kappa shape index (κ1) is 17.8. The van der Waals surface area contributed by atoms with Gasteiger partial charge in [-0.05, 0) is 30.9 Å². The Balaban J connectivity index is 4.04. The van der Waals surface area contributed by atoms with Gasteiger partial charge in [-0.2, -0.15) is 11.8 Å². The zero-order valence-corrected chi connectivity index (χ0v) is 13.4. The van der Waals surface area contributed by atoms with E-state index in [-0.39, 0.29) is 11.9 Å². The fourth-order valence-corrected chi connectivity index (χ4v) is 2.72. The molecule has 18 heavy (non-hydrogen) atoms. The first-order valence-electron chi connectivity index (χ1n) is 6.94. The van der Waals surface area contributed by atoms with Crippen LogP contribution in [0.4, 0.5) is 0 Å². The molecule has 1 atom stereocenters. The van der Waals surface area contributed by atoms with Crippen molar-refractivity contribution in [3.8, 4) is 0 Å². The number of hydrogen-bond donors (Lipinski definition) is 1. The van der Waals surface area contributed by atoms with Crippen LogP contribution >= 0.6 is 11.8 Å². The van der Waals surface area contributed by atoms with Gasteiger partial charge in [0.1, 0.15) is 0 Å². The Hall–Kier alpha value is -0.220. The summed E-state index contributed by atoms with van der Waals surface area (Å²) >= 11 is 1.70. The molecule has 0 aliphatic carbocycles. The predicted octanol–water partition coefficient (Wildman–Crippen LogP) is 2.60. The second kappa shape index (κ2) is 9.68. The highest BCUT2D eigenvalue weighted by atomic mass is 32.2. The van der Waals surface area contributed by atoms with Crippen molar-refractivity contribution in [3.05, 3.63) is 0 Å². The smallest absolute Gasteiger partial charge is 0.232 e. The monoisotopic (exact) mass is 274 g/mol. The quantitative estimate of drug-likeness (QED) is 0.657. The average Bonchev–Trinajstić information content (AvgIpc) is 2.21. The summed E-state index contributed by atoms with van der Waals surface area (Å²) in [6, 6.07) is 0.232. The third kappa shape index (κ3) is 9.77. The molecule has 0 rings (SSSR count). The number of thioether (sulfide) groups is 1. The van der Waals surface area contributed by atoms with Crippen molar-refractivity contribution in [1.29, 1.82) is 0 Å². The maximum absolute atomic E-state index is 12.1. The number of rotatable bonds is 9. The molecule has 0 spiro atoms. The van der Waals surface area contributed by atoms with Crippen LogP contribution in [0, 0.1) is 11.8 Å². The lowest BCUT2D eigenvalue weighted by Crippen LogP contribution is -2.38. The zero-order chi connectivity index (χ0) is 14.1. The molecule has 0 saturated heterocycles. The minimum absolute atomic E-state index is 0.232. The van der Waals surface area contributed by atoms with Crippen LogP contribution in [0.5, 0.6) is 0 Å². The molecular weight excluding hydrogens is 244 g/mol. The molecule has 0 fully saturated rings. The summed E-state index contributed by atoms with van der Waals surface area (Å²) in [6.45, 7) is 12.4. The van der Waals surface area contributed by atoms with Crippen LogP contribution in [0.2, 0.25) is 0 Å². The molecule has 0 radical (unpaired) electrons. The van der Waals surface area contributed by atoms with E-state index in [0.717, 1.165) is 25.3 Å². The van der Waals surface area contributed by atoms with Gasteiger partial charge in [-0.1, -0.05) is 27.7 Å². The third-order valence-corrected chi connectivity index (χ3v) is 3.44. The summed E-state index contributed by atoms with van der Waals surface area (Å²) in [5, 5.41) is 0. The van der Waals surface area contributed by atoms with E-state index in [1.54, 1.807) is 11.8 Å². The minimum atomic E-state index is 0.232. The highest BCUT2D eigenvalue weighted by Gasteiger charge is 2.15. The van der Waals surface area contributed by atoms with E-state index in [9.17, 15) is 4.79 Å². The van der Waals surface area contributed by atoms with Crippen molar-refractivity contribution in [2.24, 2.45) is 17.6 Å². The molecular formula is C14H30N2OS. The average molecular weight is 274 g/mol. The Kier molecular flexibility index (Phi) is 9.56. The highest BCUT2D eigenvalue weighted by Crippen LogP contribution is 2.09. The number of hydrogen-bond acceptors (Lipinski definition) is 3. The van der Waals surface area contributed by atoms with Crippen LogP contribution < -0.4 is 5.73 Å². The van der Waals surface area contributed by atoms with E-state index < -0.39 is 0 Å². The maximum atomic E-state index is 12.1. The van der Waals surface area contributed by atoms with Gasteiger partial charge in [0.25, 0.3) is 0 Å². The fraction of sp³-hybridized carbons (Fsp3) is 0.929. The maximum Gasteiger partial charge on any atom is 0.232 e. The van der Waals surface area contributed by atoms with E-state index in [0.29, 0.717) is 17.6 Å². The predicted molar refractivity (Wildman–Crippen MR) is 81.8 cm³/mol. The van der Waals surface area contributed by atoms with Crippen molar-refractivity contribution in [2.45, 2.75) is 47.1 Å². The molecule has 0 aliphatic heterocycles. The summed E-state index contributed by atoms with van der Waals surface area (Å²) in [5.41, 5.74) is 5.69. The van der Waals surface area contributed by atoms with Crippen molar-refractivity contribution in [2.75, 3.05) is 24.6 Å².